The summed E-state index contributed by atoms with van der Waals surface area (Å²) >= 11 is 0. The normalized spacial score (nSPS) is 23.9. The van der Waals surface area contributed by atoms with Crippen molar-refractivity contribution < 1.29 is 34.1 Å². The van der Waals surface area contributed by atoms with E-state index in [-0.39, 0.29) is 41.3 Å². The molecule has 10 heteroatoms. The van der Waals surface area contributed by atoms with E-state index in [0.29, 0.717) is 31.6 Å². The standard InChI is InChI=1S/C17H22BN2O7/c21-16(11-4-6-19-7-11)20-8-12(9-20)26-13-2-1-10-3-5-18(24,25)27-15(10)14(13)17(22)23/h1-2,11-12,19,24-25H,3-9H2,(H,22,23)/q-1. The fourth-order valence-electron chi connectivity index (χ4n) is 3.83. The van der Waals surface area contributed by atoms with Gasteiger partial charge in [0.05, 0.1) is 24.8 Å². The second-order valence-corrected chi connectivity index (χ2v) is 7.42. The van der Waals surface area contributed by atoms with E-state index >= 15 is 0 Å². The number of rotatable bonds is 4. The van der Waals surface area contributed by atoms with Crippen LogP contribution in [0, 0.1) is 5.92 Å². The fourth-order valence-corrected chi connectivity index (χ4v) is 3.83. The second-order valence-electron chi connectivity index (χ2n) is 7.42. The third-order valence-corrected chi connectivity index (χ3v) is 5.37. The number of hydrogen-bond donors (Lipinski definition) is 4. The number of hydrogen-bond acceptors (Lipinski definition) is 7. The number of nitrogens with zero attached hydrogens (tertiary/aromatic N) is 1. The van der Waals surface area contributed by atoms with Gasteiger partial charge in [0.25, 0.3) is 0 Å². The number of aryl methyl sites for hydroxylation is 1. The van der Waals surface area contributed by atoms with Gasteiger partial charge in [0.2, 0.25) is 5.91 Å². The highest BCUT2D eigenvalue weighted by Crippen LogP contribution is 2.39. The molecule has 9 nitrogen and oxygen atoms in total. The Morgan fingerprint density at radius 1 is 1.30 bits per heavy atom. The number of carboxylic acids is 1. The Bertz CT molecular complexity index is 773. The first-order chi connectivity index (χ1) is 12.8. The number of aromatic carboxylic acids is 1. The highest BCUT2D eigenvalue weighted by Gasteiger charge is 2.38. The maximum Gasteiger partial charge on any atom is 0.430 e. The van der Waals surface area contributed by atoms with E-state index in [1.54, 1.807) is 17.0 Å². The number of likely N-dealkylation sites (tertiary alicyclic amines) is 1. The molecule has 0 saturated carbocycles. The Balaban J connectivity index is 1.47. The van der Waals surface area contributed by atoms with Crippen LogP contribution in [0.5, 0.6) is 11.5 Å². The Kier molecular flexibility index (Phi) is 4.49. The van der Waals surface area contributed by atoms with Crippen LogP contribution in [0.2, 0.25) is 6.32 Å². The first-order valence-electron chi connectivity index (χ1n) is 9.19. The topological polar surface area (TPSA) is 129 Å². The highest BCUT2D eigenvalue weighted by molar-refractivity contribution is 6.59. The molecule has 1 atom stereocenters. The SMILES string of the molecule is O=C(O)c1c(OC2CN(C(=O)C3CCNC3)C2)ccc2c1O[B-](O)(O)CC2. The number of fused-ring (bicyclic) bond motifs is 1. The van der Waals surface area contributed by atoms with Crippen LogP contribution in [0.15, 0.2) is 12.1 Å². The summed E-state index contributed by atoms with van der Waals surface area (Å²) in [4.78, 5) is 25.8. The van der Waals surface area contributed by atoms with E-state index in [9.17, 15) is 24.7 Å². The molecule has 1 unspecified atom stereocenters. The number of carbonyl (C=O) groups excluding carboxylic acids is 1. The predicted molar refractivity (Wildman–Crippen MR) is 94.7 cm³/mol. The average Bonchev–Trinajstić information content (AvgIpc) is 3.10. The first-order valence-corrected chi connectivity index (χ1v) is 9.19. The van der Waals surface area contributed by atoms with Crippen LogP contribution >= 0.6 is 0 Å². The molecule has 1 amide bonds. The molecular weight excluding hydrogens is 355 g/mol. The Morgan fingerprint density at radius 3 is 2.74 bits per heavy atom. The Hall–Kier alpha value is -2.30. The lowest BCUT2D eigenvalue weighted by Gasteiger charge is -2.41. The highest BCUT2D eigenvalue weighted by atomic mass is 16.6. The van der Waals surface area contributed by atoms with E-state index in [4.69, 9.17) is 9.39 Å². The van der Waals surface area contributed by atoms with Crippen molar-refractivity contribution in [3.8, 4) is 11.5 Å². The van der Waals surface area contributed by atoms with Gasteiger partial charge in [0.15, 0.2) is 0 Å². The van der Waals surface area contributed by atoms with E-state index < -0.39 is 12.7 Å². The van der Waals surface area contributed by atoms with Gasteiger partial charge in [-0.1, -0.05) is 12.4 Å². The van der Waals surface area contributed by atoms with E-state index in [1.807, 2.05) is 0 Å². The number of carboxylic acid groups (broad SMARTS) is 1. The summed E-state index contributed by atoms with van der Waals surface area (Å²) in [6.45, 7) is -0.726. The Morgan fingerprint density at radius 2 is 2.07 bits per heavy atom. The molecular formula is C17H22BN2O7-. The summed E-state index contributed by atoms with van der Waals surface area (Å²) in [5.74, 6) is -1.11. The van der Waals surface area contributed by atoms with Gasteiger partial charge in [-0.25, -0.2) is 4.79 Å². The molecule has 4 rings (SSSR count). The minimum absolute atomic E-state index is 0.00198. The number of carbonyl (C=O) groups is 2. The van der Waals surface area contributed by atoms with Gasteiger partial charge in [0.1, 0.15) is 17.4 Å². The molecule has 1 aromatic rings. The van der Waals surface area contributed by atoms with Crippen LogP contribution in [0.3, 0.4) is 0 Å². The molecule has 1 aromatic carbocycles. The summed E-state index contributed by atoms with van der Waals surface area (Å²) < 4.78 is 10.9. The molecule has 4 N–H and O–H groups in total. The molecule has 3 aliphatic rings. The maximum absolute atomic E-state index is 12.3. The van der Waals surface area contributed by atoms with Crippen molar-refractivity contribution in [1.82, 2.24) is 10.2 Å². The van der Waals surface area contributed by atoms with Crippen molar-refractivity contribution in [3.05, 3.63) is 23.3 Å². The minimum Gasteiger partial charge on any atom is -0.669 e. The minimum atomic E-state index is -3.07. The lowest BCUT2D eigenvalue weighted by atomic mass is 9.70. The molecule has 2 saturated heterocycles. The van der Waals surface area contributed by atoms with Gasteiger partial charge in [0, 0.05) is 6.54 Å². The van der Waals surface area contributed by atoms with E-state index in [2.05, 4.69) is 5.32 Å². The largest absolute Gasteiger partial charge is 0.669 e. The van der Waals surface area contributed by atoms with Crippen LogP contribution < -0.4 is 14.7 Å². The first kappa shape index (κ1) is 18.1. The van der Waals surface area contributed by atoms with Gasteiger partial charge in [-0.05, 0) is 31.0 Å². The molecule has 0 aliphatic carbocycles. The summed E-state index contributed by atoms with van der Waals surface area (Å²) in [6.07, 6.45) is 0.853. The van der Waals surface area contributed by atoms with Crippen molar-refractivity contribution in [2.75, 3.05) is 26.2 Å². The van der Waals surface area contributed by atoms with Crippen LogP contribution in [-0.2, 0) is 11.2 Å². The quantitative estimate of drug-likeness (QED) is 0.515. The average molecular weight is 377 g/mol. The summed E-state index contributed by atoms with van der Waals surface area (Å²) in [7, 11) is 0. The Labute approximate surface area is 155 Å². The molecule has 0 bridgehead atoms. The number of nitrogens with one attached hydrogen (secondary N) is 1. The lowest BCUT2D eigenvalue weighted by Crippen LogP contribution is -2.57. The smallest absolute Gasteiger partial charge is 0.430 e. The zero-order valence-electron chi connectivity index (χ0n) is 14.8. The molecule has 3 aliphatic heterocycles. The molecule has 2 fully saturated rings. The van der Waals surface area contributed by atoms with Crippen LogP contribution in [0.4, 0.5) is 0 Å². The lowest BCUT2D eigenvalue weighted by molar-refractivity contribution is -0.143. The van der Waals surface area contributed by atoms with Crippen molar-refractivity contribution in [1.29, 1.82) is 0 Å². The number of benzene rings is 1. The van der Waals surface area contributed by atoms with Crippen LogP contribution in [-0.4, -0.2) is 71.0 Å². The summed E-state index contributed by atoms with van der Waals surface area (Å²) in [5.41, 5.74) is 0.380. The molecule has 3 heterocycles. The monoisotopic (exact) mass is 377 g/mol. The third kappa shape index (κ3) is 3.47. The van der Waals surface area contributed by atoms with Crippen molar-refractivity contribution >= 4 is 18.6 Å². The number of ether oxygens (including phenoxy) is 1. The zero-order valence-corrected chi connectivity index (χ0v) is 14.8. The van der Waals surface area contributed by atoms with Gasteiger partial charge in [-0.2, -0.15) is 0 Å². The van der Waals surface area contributed by atoms with Crippen LogP contribution in [0.1, 0.15) is 22.3 Å². The molecule has 0 spiro atoms. The van der Waals surface area contributed by atoms with Crippen molar-refractivity contribution in [2.45, 2.75) is 25.3 Å². The maximum atomic E-state index is 12.3. The summed E-state index contributed by atoms with van der Waals surface area (Å²) in [6, 6.07) is 3.24. The second kappa shape index (κ2) is 6.70. The van der Waals surface area contributed by atoms with Gasteiger partial charge < -0.3 is 34.8 Å². The number of amides is 1. The molecule has 0 aromatic heterocycles. The van der Waals surface area contributed by atoms with Gasteiger partial charge >= 0.3 is 12.7 Å². The molecule has 146 valence electrons. The summed E-state index contributed by atoms with van der Waals surface area (Å²) in [5, 5.41) is 32.3. The van der Waals surface area contributed by atoms with Crippen LogP contribution in [0.25, 0.3) is 0 Å². The van der Waals surface area contributed by atoms with Crippen molar-refractivity contribution in [2.24, 2.45) is 5.92 Å². The zero-order chi connectivity index (χ0) is 19.2. The van der Waals surface area contributed by atoms with Gasteiger partial charge in [-0.15, -0.1) is 0 Å². The van der Waals surface area contributed by atoms with E-state index in [1.165, 1.54) is 0 Å². The van der Waals surface area contributed by atoms with Crippen molar-refractivity contribution in [3.63, 3.8) is 0 Å². The molecule has 0 radical (unpaired) electrons. The van der Waals surface area contributed by atoms with E-state index in [0.717, 1.165) is 13.0 Å². The van der Waals surface area contributed by atoms with Gasteiger partial charge in [-0.3, -0.25) is 4.79 Å². The molecule has 27 heavy (non-hydrogen) atoms. The predicted octanol–water partition coefficient (Wildman–Crippen LogP) is -0.558. The fraction of sp³-hybridized carbons (Fsp3) is 0.529. The third-order valence-electron chi connectivity index (χ3n) is 5.37.